The van der Waals surface area contributed by atoms with Crippen LogP contribution in [0.4, 0.5) is 0 Å². The van der Waals surface area contributed by atoms with Gasteiger partial charge in [-0.1, -0.05) is 48.8 Å². The predicted molar refractivity (Wildman–Crippen MR) is 105 cm³/mol. The van der Waals surface area contributed by atoms with Crippen LogP contribution in [0, 0.1) is 0 Å². The number of hydrogen-bond acceptors (Lipinski definition) is 4. The standard InChI is InChI=1S/C21H21BrO4/c1-4-14-18(24)17-15(23)11-16(12-7-9-13(22)10-8-12)26-20(17)21(5-2,6-3)19(14)25/h7-11,24H,4-6H2,1-3H3. The highest BCUT2D eigenvalue weighted by Gasteiger charge is 2.48. The average molecular weight is 417 g/mol. The predicted octanol–water partition coefficient (Wildman–Crippen LogP) is 5.39. The lowest BCUT2D eigenvalue weighted by Gasteiger charge is -2.35. The molecule has 2 aromatic rings. The average Bonchev–Trinajstić information content (AvgIpc) is 2.63. The van der Waals surface area contributed by atoms with Crippen molar-refractivity contribution in [1.29, 1.82) is 0 Å². The molecule has 1 aliphatic carbocycles. The van der Waals surface area contributed by atoms with Crippen molar-refractivity contribution in [1.82, 2.24) is 0 Å². The highest BCUT2D eigenvalue weighted by atomic mass is 79.9. The van der Waals surface area contributed by atoms with Gasteiger partial charge >= 0.3 is 0 Å². The summed E-state index contributed by atoms with van der Waals surface area (Å²) in [5.74, 6) is 0.299. The largest absolute Gasteiger partial charge is 0.507 e. The van der Waals surface area contributed by atoms with Crippen LogP contribution in [-0.4, -0.2) is 10.9 Å². The quantitative estimate of drug-likeness (QED) is 0.725. The molecular weight excluding hydrogens is 396 g/mol. The zero-order valence-electron chi connectivity index (χ0n) is 15.1. The molecule has 0 unspecified atom stereocenters. The van der Waals surface area contributed by atoms with Gasteiger partial charge in [-0.15, -0.1) is 0 Å². The van der Waals surface area contributed by atoms with Gasteiger partial charge in [-0.05, 0) is 31.4 Å². The molecule has 0 fully saturated rings. The number of benzene rings is 1. The summed E-state index contributed by atoms with van der Waals surface area (Å²) in [6, 6.07) is 8.79. The van der Waals surface area contributed by atoms with Crippen molar-refractivity contribution in [3.05, 3.63) is 61.9 Å². The Balaban J connectivity index is 2.35. The number of aliphatic hydroxyl groups is 1. The Labute approximate surface area is 160 Å². The Hall–Kier alpha value is -2.14. The van der Waals surface area contributed by atoms with Crippen molar-refractivity contribution < 1.29 is 14.3 Å². The SMILES string of the molecule is CCC1=C(O)c2c(oc(-c3ccc(Br)cc3)cc2=O)C(CC)(CC)C1=O. The van der Waals surface area contributed by atoms with E-state index in [9.17, 15) is 14.7 Å². The van der Waals surface area contributed by atoms with E-state index in [0.29, 0.717) is 30.6 Å². The molecule has 0 atom stereocenters. The summed E-state index contributed by atoms with van der Waals surface area (Å²) in [5.41, 5.74) is -0.0639. The van der Waals surface area contributed by atoms with E-state index in [1.165, 1.54) is 6.07 Å². The van der Waals surface area contributed by atoms with Crippen molar-refractivity contribution in [3.63, 3.8) is 0 Å². The van der Waals surface area contributed by atoms with E-state index in [1.807, 2.05) is 45.0 Å². The first kappa shape index (κ1) is 18.6. The molecule has 0 amide bonds. The fourth-order valence-corrected chi connectivity index (χ4v) is 3.95. The van der Waals surface area contributed by atoms with Crippen LogP contribution in [0.2, 0.25) is 0 Å². The van der Waals surface area contributed by atoms with E-state index in [-0.39, 0.29) is 28.3 Å². The highest BCUT2D eigenvalue weighted by Crippen LogP contribution is 2.44. The van der Waals surface area contributed by atoms with E-state index in [0.717, 1.165) is 10.0 Å². The van der Waals surface area contributed by atoms with Crippen LogP contribution in [0.1, 0.15) is 51.4 Å². The van der Waals surface area contributed by atoms with Gasteiger partial charge in [0.1, 0.15) is 22.8 Å². The minimum Gasteiger partial charge on any atom is -0.507 e. The number of carbonyl (C=O) groups excluding carboxylic acids is 1. The van der Waals surface area contributed by atoms with Crippen LogP contribution in [0.5, 0.6) is 0 Å². The van der Waals surface area contributed by atoms with Gasteiger partial charge in [-0.3, -0.25) is 9.59 Å². The van der Waals surface area contributed by atoms with E-state index < -0.39 is 5.41 Å². The Morgan fingerprint density at radius 2 is 1.69 bits per heavy atom. The van der Waals surface area contributed by atoms with Crippen molar-refractivity contribution in [2.75, 3.05) is 0 Å². The number of carbonyl (C=O) groups is 1. The van der Waals surface area contributed by atoms with Crippen molar-refractivity contribution in [2.45, 2.75) is 45.4 Å². The van der Waals surface area contributed by atoms with E-state index in [4.69, 9.17) is 4.42 Å². The highest BCUT2D eigenvalue weighted by molar-refractivity contribution is 9.10. The van der Waals surface area contributed by atoms with Crippen molar-refractivity contribution in [2.24, 2.45) is 0 Å². The van der Waals surface area contributed by atoms with Gasteiger partial charge in [0.05, 0.1) is 5.41 Å². The summed E-state index contributed by atoms with van der Waals surface area (Å²) in [4.78, 5) is 26.0. The van der Waals surface area contributed by atoms with Crippen LogP contribution < -0.4 is 5.43 Å². The van der Waals surface area contributed by atoms with Gasteiger partial charge in [0.25, 0.3) is 0 Å². The van der Waals surface area contributed by atoms with Crippen LogP contribution in [-0.2, 0) is 10.2 Å². The lowest BCUT2D eigenvalue weighted by atomic mass is 9.68. The summed E-state index contributed by atoms with van der Waals surface area (Å²) < 4.78 is 7.03. The molecular formula is C21H21BrO4. The van der Waals surface area contributed by atoms with E-state index in [2.05, 4.69) is 15.9 Å². The molecule has 0 aliphatic heterocycles. The Bertz CT molecular complexity index is 947. The minimum absolute atomic E-state index is 0.131. The summed E-state index contributed by atoms with van der Waals surface area (Å²) in [6.45, 7) is 5.63. The zero-order chi connectivity index (χ0) is 19.1. The van der Waals surface area contributed by atoms with E-state index in [1.54, 1.807) is 0 Å². The number of halogens is 1. The maximum absolute atomic E-state index is 13.1. The number of ketones is 1. The number of Topliss-reactive ketones (excluding diaryl/α,β-unsaturated/α-hetero) is 1. The third-order valence-electron chi connectivity index (χ3n) is 5.30. The lowest BCUT2D eigenvalue weighted by molar-refractivity contribution is -0.122. The van der Waals surface area contributed by atoms with Gasteiger partial charge in [-0.2, -0.15) is 0 Å². The number of aliphatic hydroxyl groups excluding tert-OH is 1. The maximum Gasteiger partial charge on any atom is 0.196 e. The molecule has 0 bridgehead atoms. The van der Waals surface area contributed by atoms with Crippen LogP contribution in [0.15, 0.2) is 49.6 Å². The summed E-state index contributed by atoms with van der Waals surface area (Å²) in [6.07, 6.45) is 1.37. The fourth-order valence-electron chi connectivity index (χ4n) is 3.68. The molecule has 3 rings (SSSR count). The van der Waals surface area contributed by atoms with Gasteiger partial charge < -0.3 is 9.52 Å². The third-order valence-corrected chi connectivity index (χ3v) is 5.83. The third kappa shape index (κ3) is 2.65. The molecule has 26 heavy (non-hydrogen) atoms. The number of allylic oxidation sites excluding steroid dienone is 1. The molecule has 0 radical (unpaired) electrons. The summed E-state index contributed by atoms with van der Waals surface area (Å²) in [7, 11) is 0. The van der Waals surface area contributed by atoms with Crippen molar-refractivity contribution in [3.8, 4) is 11.3 Å². The minimum atomic E-state index is -0.919. The molecule has 0 saturated carbocycles. The smallest absolute Gasteiger partial charge is 0.196 e. The monoisotopic (exact) mass is 416 g/mol. The molecule has 1 heterocycles. The molecule has 4 nitrogen and oxygen atoms in total. The first-order valence-electron chi connectivity index (χ1n) is 8.81. The molecule has 1 aromatic heterocycles. The van der Waals surface area contributed by atoms with Crippen molar-refractivity contribution >= 4 is 27.5 Å². The number of rotatable bonds is 4. The Morgan fingerprint density at radius 1 is 1.08 bits per heavy atom. The normalized spacial score (nSPS) is 15.9. The Kier molecular flexibility index (Phi) is 4.93. The molecule has 0 saturated heterocycles. The summed E-state index contributed by atoms with van der Waals surface area (Å²) in [5, 5.41) is 10.6. The van der Waals surface area contributed by atoms with Crippen LogP contribution in [0.25, 0.3) is 17.1 Å². The molecule has 0 spiro atoms. The molecule has 136 valence electrons. The Morgan fingerprint density at radius 3 is 2.23 bits per heavy atom. The lowest BCUT2D eigenvalue weighted by Crippen LogP contribution is -2.41. The first-order chi connectivity index (χ1) is 12.4. The van der Waals surface area contributed by atoms with Gasteiger partial charge in [0.2, 0.25) is 0 Å². The molecule has 5 heteroatoms. The molecule has 1 aromatic carbocycles. The molecule has 1 aliphatic rings. The fraction of sp³-hybridized carbons (Fsp3) is 0.333. The number of fused-ring (bicyclic) bond motifs is 1. The topological polar surface area (TPSA) is 67.5 Å². The van der Waals surface area contributed by atoms with Gasteiger partial charge in [-0.25, -0.2) is 0 Å². The van der Waals surface area contributed by atoms with Gasteiger partial charge in [0, 0.05) is 21.7 Å². The van der Waals surface area contributed by atoms with Crippen LogP contribution >= 0.6 is 15.9 Å². The first-order valence-corrected chi connectivity index (χ1v) is 9.60. The zero-order valence-corrected chi connectivity index (χ0v) is 16.6. The summed E-state index contributed by atoms with van der Waals surface area (Å²) >= 11 is 3.39. The number of hydrogen-bond donors (Lipinski definition) is 1. The molecule has 1 N–H and O–H groups in total. The van der Waals surface area contributed by atoms with Gasteiger partial charge in [0.15, 0.2) is 11.2 Å². The second-order valence-electron chi connectivity index (χ2n) is 6.48. The second-order valence-corrected chi connectivity index (χ2v) is 7.40. The van der Waals surface area contributed by atoms with Crippen LogP contribution in [0.3, 0.4) is 0 Å². The second kappa shape index (κ2) is 6.88. The van der Waals surface area contributed by atoms with E-state index >= 15 is 0 Å². The maximum atomic E-state index is 13.1.